The number of halogens is 1. The monoisotopic (exact) mass is 489 g/mol. The van der Waals surface area contributed by atoms with Gasteiger partial charge >= 0.3 is 0 Å². The van der Waals surface area contributed by atoms with Gasteiger partial charge in [0.1, 0.15) is 0 Å². The van der Waals surface area contributed by atoms with E-state index in [0.717, 1.165) is 30.4 Å². The van der Waals surface area contributed by atoms with E-state index < -0.39 is 0 Å². The van der Waals surface area contributed by atoms with Gasteiger partial charge in [0, 0.05) is 33.6 Å². The second kappa shape index (κ2) is 11.6. The average Bonchev–Trinajstić information content (AvgIpc) is 3.08. The van der Waals surface area contributed by atoms with E-state index in [1.165, 1.54) is 5.56 Å². The number of benzene rings is 1. The lowest BCUT2D eigenvalue weighted by Gasteiger charge is -2.22. The summed E-state index contributed by atoms with van der Waals surface area (Å²) in [7, 11) is 7.06. The highest BCUT2D eigenvalue weighted by atomic mass is 127. The molecule has 2 rings (SSSR count). The first-order chi connectivity index (χ1) is 12.6. The molecule has 0 saturated carbocycles. The van der Waals surface area contributed by atoms with Gasteiger partial charge in [-0.2, -0.15) is 4.98 Å². The third-order valence-electron chi connectivity index (χ3n) is 3.95. The van der Waals surface area contributed by atoms with E-state index in [-0.39, 0.29) is 24.0 Å². The number of aliphatic imine (C=N–C) groups is 1. The number of ether oxygens (including phenoxy) is 2. The quantitative estimate of drug-likeness (QED) is 0.346. The zero-order valence-electron chi connectivity index (χ0n) is 16.5. The van der Waals surface area contributed by atoms with Crippen molar-refractivity contribution in [2.75, 3.05) is 41.4 Å². The number of nitrogens with zero attached hydrogens (tertiary/aromatic N) is 4. The molecule has 0 amide bonds. The van der Waals surface area contributed by atoms with Crippen molar-refractivity contribution in [2.45, 2.75) is 19.8 Å². The first-order valence-corrected chi connectivity index (χ1v) is 8.49. The zero-order valence-corrected chi connectivity index (χ0v) is 18.8. The molecule has 0 spiro atoms. The van der Waals surface area contributed by atoms with Crippen LogP contribution in [-0.2, 0) is 12.8 Å². The topological polar surface area (TPSA) is 85.0 Å². The Bertz CT molecular complexity index is 736. The molecule has 0 aliphatic heterocycles. The van der Waals surface area contributed by atoms with E-state index in [0.29, 0.717) is 24.7 Å². The van der Waals surface area contributed by atoms with Crippen LogP contribution in [0.2, 0.25) is 0 Å². The minimum Gasteiger partial charge on any atom is -0.493 e. The maximum atomic E-state index is 5.35. The summed E-state index contributed by atoms with van der Waals surface area (Å²) >= 11 is 0. The third-order valence-corrected chi connectivity index (χ3v) is 3.95. The molecule has 0 fully saturated rings. The van der Waals surface area contributed by atoms with Crippen molar-refractivity contribution >= 4 is 29.9 Å². The largest absolute Gasteiger partial charge is 0.493 e. The molecule has 0 atom stereocenters. The summed E-state index contributed by atoms with van der Waals surface area (Å²) in [5, 5.41) is 7.09. The molecule has 0 aliphatic rings. The van der Waals surface area contributed by atoms with Crippen molar-refractivity contribution in [1.29, 1.82) is 0 Å². The average molecular weight is 489 g/mol. The molecule has 1 aromatic carbocycles. The van der Waals surface area contributed by atoms with E-state index in [2.05, 4.69) is 25.3 Å². The first kappa shape index (κ1) is 23.0. The van der Waals surface area contributed by atoms with E-state index in [1.54, 1.807) is 28.2 Å². The molecule has 2 aromatic rings. The van der Waals surface area contributed by atoms with Crippen molar-refractivity contribution < 1.29 is 14.0 Å². The van der Waals surface area contributed by atoms with Crippen LogP contribution in [0.4, 0.5) is 0 Å². The number of aromatic nitrogens is 2. The molecule has 0 saturated heterocycles. The van der Waals surface area contributed by atoms with Crippen LogP contribution < -0.4 is 14.8 Å². The van der Waals surface area contributed by atoms with Gasteiger partial charge in [0.15, 0.2) is 23.3 Å². The third kappa shape index (κ3) is 6.89. The number of rotatable bonds is 8. The number of methoxy groups -OCH3 is 2. The molecule has 0 unspecified atom stereocenters. The van der Waals surface area contributed by atoms with Gasteiger partial charge in [-0.15, -0.1) is 24.0 Å². The summed E-state index contributed by atoms with van der Waals surface area (Å²) in [5.74, 6) is 3.57. The van der Waals surface area contributed by atoms with Crippen molar-refractivity contribution in [3.63, 3.8) is 0 Å². The molecule has 9 heteroatoms. The van der Waals surface area contributed by atoms with Gasteiger partial charge in [0.2, 0.25) is 5.89 Å². The molecule has 8 nitrogen and oxygen atoms in total. The molecular weight excluding hydrogens is 461 g/mol. The summed E-state index contributed by atoms with van der Waals surface area (Å²) in [6, 6.07) is 5.97. The van der Waals surface area contributed by atoms with Crippen molar-refractivity contribution in [3.8, 4) is 11.5 Å². The fraction of sp³-hybridized carbons (Fsp3) is 0.500. The highest BCUT2D eigenvalue weighted by Gasteiger charge is 2.09. The van der Waals surface area contributed by atoms with Gasteiger partial charge < -0.3 is 24.2 Å². The Labute approximate surface area is 177 Å². The Morgan fingerprint density at radius 2 is 1.96 bits per heavy atom. The van der Waals surface area contributed by atoms with E-state index in [1.807, 2.05) is 25.2 Å². The fourth-order valence-corrected chi connectivity index (χ4v) is 2.55. The summed E-state index contributed by atoms with van der Waals surface area (Å²) in [4.78, 5) is 10.6. The minimum absolute atomic E-state index is 0. The van der Waals surface area contributed by atoms with Crippen LogP contribution >= 0.6 is 24.0 Å². The predicted octanol–water partition coefficient (Wildman–Crippen LogP) is 2.31. The molecular formula is C18H28IN5O3. The fourth-order valence-electron chi connectivity index (χ4n) is 2.55. The first-order valence-electron chi connectivity index (χ1n) is 8.49. The summed E-state index contributed by atoms with van der Waals surface area (Å²) < 4.78 is 15.7. The highest BCUT2D eigenvalue weighted by molar-refractivity contribution is 14.0. The van der Waals surface area contributed by atoms with Crippen LogP contribution in [-0.4, -0.2) is 62.4 Å². The standard InChI is InChI=1S/C18H27N5O3.HI/c1-13-21-17(26-22-13)8-10-20-18(19-2)23(3)11-9-14-6-7-15(24-4)16(12-14)25-5;/h6-7,12H,8-11H2,1-5H3,(H,19,20);1H. The summed E-state index contributed by atoms with van der Waals surface area (Å²) in [6.45, 7) is 3.30. The summed E-state index contributed by atoms with van der Waals surface area (Å²) in [5.41, 5.74) is 1.17. The van der Waals surface area contributed by atoms with E-state index in [9.17, 15) is 0 Å². The molecule has 1 N–H and O–H groups in total. The van der Waals surface area contributed by atoms with Gasteiger partial charge in [-0.1, -0.05) is 11.2 Å². The maximum Gasteiger partial charge on any atom is 0.228 e. The Morgan fingerprint density at radius 3 is 2.56 bits per heavy atom. The number of likely N-dealkylation sites (N-methyl/N-ethyl adjacent to an activating group) is 1. The Kier molecular flexibility index (Phi) is 9.90. The Balaban J connectivity index is 0.00000364. The molecule has 0 aliphatic carbocycles. The lowest BCUT2D eigenvalue weighted by molar-refractivity contribution is 0.354. The second-order valence-corrected chi connectivity index (χ2v) is 5.82. The van der Waals surface area contributed by atoms with Gasteiger partial charge in [-0.25, -0.2) is 0 Å². The molecule has 0 radical (unpaired) electrons. The van der Waals surface area contributed by atoms with Gasteiger partial charge in [-0.05, 0) is 31.0 Å². The lowest BCUT2D eigenvalue weighted by Crippen LogP contribution is -2.40. The Hall–Kier alpha value is -2.04. The maximum absolute atomic E-state index is 5.35. The van der Waals surface area contributed by atoms with Crippen LogP contribution in [0, 0.1) is 6.92 Å². The lowest BCUT2D eigenvalue weighted by atomic mass is 10.1. The normalized spacial score (nSPS) is 10.9. The zero-order chi connectivity index (χ0) is 18.9. The van der Waals surface area contributed by atoms with Crippen molar-refractivity contribution in [3.05, 3.63) is 35.5 Å². The van der Waals surface area contributed by atoms with Gasteiger partial charge in [-0.3, -0.25) is 4.99 Å². The SMILES string of the molecule is CN=C(NCCc1nc(C)no1)N(C)CCc1ccc(OC)c(OC)c1.I. The second-order valence-electron chi connectivity index (χ2n) is 5.82. The predicted molar refractivity (Wildman–Crippen MR) is 115 cm³/mol. The molecule has 150 valence electrons. The number of hydrogen-bond acceptors (Lipinski definition) is 6. The number of aryl methyl sites for hydroxylation is 1. The van der Waals surface area contributed by atoms with Crippen LogP contribution in [0.25, 0.3) is 0 Å². The molecule has 27 heavy (non-hydrogen) atoms. The van der Waals surface area contributed by atoms with Crippen LogP contribution in [0.15, 0.2) is 27.7 Å². The summed E-state index contributed by atoms with van der Waals surface area (Å²) in [6.07, 6.45) is 1.52. The van der Waals surface area contributed by atoms with Crippen molar-refractivity contribution in [1.82, 2.24) is 20.4 Å². The minimum atomic E-state index is 0. The molecule has 1 heterocycles. The Morgan fingerprint density at radius 1 is 1.22 bits per heavy atom. The van der Waals surface area contributed by atoms with Crippen molar-refractivity contribution in [2.24, 2.45) is 4.99 Å². The van der Waals surface area contributed by atoms with Gasteiger partial charge in [0.25, 0.3) is 0 Å². The number of nitrogens with one attached hydrogen (secondary N) is 1. The molecule has 1 aromatic heterocycles. The highest BCUT2D eigenvalue weighted by Crippen LogP contribution is 2.27. The van der Waals surface area contributed by atoms with Crippen LogP contribution in [0.1, 0.15) is 17.3 Å². The van der Waals surface area contributed by atoms with E-state index in [4.69, 9.17) is 14.0 Å². The van der Waals surface area contributed by atoms with Crippen LogP contribution in [0.3, 0.4) is 0 Å². The van der Waals surface area contributed by atoms with Gasteiger partial charge in [0.05, 0.1) is 14.2 Å². The smallest absolute Gasteiger partial charge is 0.228 e. The number of guanidine groups is 1. The number of hydrogen-bond donors (Lipinski definition) is 1. The van der Waals surface area contributed by atoms with E-state index >= 15 is 0 Å². The van der Waals surface area contributed by atoms with Crippen LogP contribution in [0.5, 0.6) is 11.5 Å². The molecule has 0 bridgehead atoms.